The van der Waals surface area contributed by atoms with Crippen molar-refractivity contribution < 1.29 is 0 Å². The van der Waals surface area contributed by atoms with E-state index < -0.39 is 0 Å². The third kappa shape index (κ3) is 1.80. The van der Waals surface area contributed by atoms with Crippen molar-refractivity contribution in [1.29, 1.82) is 0 Å². The lowest BCUT2D eigenvalue weighted by Gasteiger charge is -2.16. The van der Waals surface area contributed by atoms with Crippen LogP contribution in [0.15, 0.2) is 0 Å². The van der Waals surface area contributed by atoms with Gasteiger partial charge in [-0.2, -0.15) is 0 Å². The number of hydrogen-bond acceptors (Lipinski definition) is 1. The van der Waals surface area contributed by atoms with Gasteiger partial charge in [0.25, 0.3) is 0 Å². The number of halogens is 1. The van der Waals surface area contributed by atoms with Crippen LogP contribution in [0.1, 0.15) is 13.8 Å². The van der Waals surface area contributed by atoms with E-state index in [-0.39, 0.29) is 0 Å². The van der Waals surface area contributed by atoms with E-state index in [4.69, 9.17) is 0 Å². The minimum Gasteiger partial charge on any atom is -0.315 e. The summed E-state index contributed by atoms with van der Waals surface area (Å²) in [7, 11) is 0. The molecule has 1 aliphatic rings. The highest BCUT2D eigenvalue weighted by atomic mass is 127. The van der Waals surface area contributed by atoms with Gasteiger partial charge in [-0.15, -0.1) is 0 Å². The molecule has 1 aliphatic heterocycles. The lowest BCUT2D eigenvalue weighted by atomic mass is 9.95. The molecular formula is C7H14IN. The number of alkyl halides is 1. The molecule has 1 saturated heterocycles. The Balaban J connectivity index is 2.40. The van der Waals surface area contributed by atoms with Crippen molar-refractivity contribution in [2.75, 3.05) is 13.1 Å². The first-order valence-electron chi connectivity index (χ1n) is 3.56. The number of nitrogens with one attached hydrogen (secondary N) is 1. The van der Waals surface area contributed by atoms with Crippen LogP contribution in [-0.2, 0) is 0 Å². The molecular weight excluding hydrogens is 225 g/mol. The van der Waals surface area contributed by atoms with Crippen LogP contribution in [0.2, 0.25) is 0 Å². The Kier molecular flexibility index (Phi) is 2.76. The van der Waals surface area contributed by atoms with Gasteiger partial charge in [0, 0.05) is 10.5 Å². The van der Waals surface area contributed by atoms with Crippen LogP contribution in [0.3, 0.4) is 0 Å². The predicted molar refractivity (Wildman–Crippen MR) is 49.0 cm³/mol. The summed E-state index contributed by atoms with van der Waals surface area (Å²) in [5, 5.41) is 3.40. The molecule has 1 fully saturated rings. The predicted octanol–water partition coefficient (Wildman–Crippen LogP) is 1.67. The van der Waals surface area contributed by atoms with Crippen LogP contribution >= 0.6 is 22.6 Å². The average molecular weight is 239 g/mol. The first-order chi connectivity index (χ1) is 4.22. The molecule has 0 bridgehead atoms. The summed E-state index contributed by atoms with van der Waals surface area (Å²) in [4.78, 5) is 0. The van der Waals surface area contributed by atoms with Gasteiger partial charge in [-0.1, -0.05) is 36.4 Å². The fourth-order valence-corrected chi connectivity index (χ4v) is 2.72. The molecule has 2 heteroatoms. The van der Waals surface area contributed by atoms with E-state index in [1.54, 1.807) is 0 Å². The highest BCUT2D eigenvalue weighted by molar-refractivity contribution is 14.1. The van der Waals surface area contributed by atoms with E-state index >= 15 is 0 Å². The molecule has 9 heavy (non-hydrogen) atoms. The molecule has 0 radical (unpaired) electrons. The number of rotatable bonds is 1. The van der Waals surface area contributed by atoms with Gasteiger partial charge in [-0.25, -0.2) is 0 Å². The first kappa shape index (κ1) is 7.79. The average Bonchev–Trinajstić information content (AvgIpc) is 2.13. The van der Waals surface area contributed by atoms with Crippen molar-refractivity contribution in [3.8, 4) is 0 Å². The summed E-state index contributed by atoms with van der Waals surface area (Å²) in [6.07, 6.45) is 0. The first-order valence-corrected chi connectivity index (χ1v) is 4.81. The third-order valence-electron chi connectivity index (χ3n) is 2.04. The summed E-state index contributed by atoms with van der Waals surface area (Å²) in [5.74, 6) is 1.76. The quantitative estimate of drug-likeness (QED) is 0.542. The molecule has 0 amide bonds. The fourth-order valence-electron chi connectivity index (χ4n) is 1.32. The highest BCUT2D eigenvalue weighted by Gasteiger charge is 2.26. The van der Waals surface area contributed by atoms with E-state index in [0.29, 0.717) is 0 Å². The smallest absolute Gasteiger partial charge is 0.0277 e. The molecule has 0 aromatic carbocycles. The lowest BCUT2D eigenvalue weighted by Crippen LogP contribution is -2.17. The zero-order chi connectivity index (χ0) is 6.85. The molecule has 0 spiro atoms. The molecule has 1 rings (SSSR count). The van der Waals surface area contributed by atoms with Crippen molar-refractivity contribution in [1.82, 2.24) is 5.32 Å². The van der Waals surface area contributed by atoms with E-state index in [1.165, 1.54) is 13.1 Å². The minimum absolute atomic E-state index is 0.849. The van der Waals surface area contributed by atoms with Gasteiger partial charge in [0.2, 0.25) is 0 Å². The molecule has 0 aromatic heterocycles. The highest BCUT2D eigenvalue weighted by Crippen LogP contribution is 2.24. The van der Waals surface area contributed by atoms with Crippen molar-refractivity contribution in [2.45, 2.75) is 17.8 Å². The van der Waals surface area contributed by atoms with Crippen LogP contribution in [0.5, 0.6) is 0 Å². The Bertz CT molecular complexity index is 92.9. The molecule has 0 aromatic rings. The zero-order valence-corrected chi connectivity index (χ0v) is 8.18. The normalized spacial score (nSPS) is 36.0. The number of hydrogen-bond donors (Lipinski definition) is 1. The van der Waals surface area contributed by atoms with E-state index in [9.17, 15) is 0 Å². The van der Waals surface area contributed by atoms with Crippen molar-refractivity contribution >= 4 is 22.6 Å². The van der Waals surface area contributed by atoms with Crippen LogP contribution < -0.4 is 5.32 Å². The largest absolute Gasteiger partial charge is 0.315 e. The molecule has 1 heterocycles. The summed E-state index contributed by atoms with van der Waals surface area (Å²) in [6.45, 7) is 7.06. The topological polar surface area (TPSA) is 12.0 Å². The van der Waals surface area contributed by atoms with Crippen LogP contribution in [0.4, 0.5) is 0 Å². The fraction of sp³-hybridized carbons (Fsp3) is 1.00. The second-order valence-corrected chi connectivity index (χ2v) is 4.68. The van der Waals surface area contributed by atoms with Gasteiger partial charge in [0.05, 0.1) is 0 Å². The van der Waals surface area contributed by atoms with E-state index in [0.717, 1.165) is 15.8 Å². The molecule has 0 saturated carbocycles. The van der Waals surface area contributed by atoms with Gasteiger partial charge in [-0.3, -0.25) is 0 Å². The van der Waals surface area contributed by atoms with Crippen LogP contribution in [0, 0.1) is 11.8 Å². The summed E-state index contributed by atoms with van der Waals surface area (Å²) in [6, 6.07) is 0. The van der Waals surface area contributed by atoms with Crippen LogP contribution in [0.25, 0.3) is 0 Å². The molecule has 1 nitrogen and oxygen atoms in total. The minimum atomic E-state index is 0.849. The van der Waals surface area contributed by atoms with Crippen molar-refractivity contribution in [2.24, 2.45) is 11.8 Å². The maximum atomic E-state index is 3.40. The van der Waals surface area contributed by atoms with Gasteiger partial charge < -0.3 is 5.32 Å². The summed E-state index contributed by atoms with van der Waals surface area (Å²) < 4.78 is 0.864. The summed E-state index contributed by atoms with van der Waals surface area (Å²) in [5.41, 5.74) is 0. The monoisotopic (exact) mass is 239 g/mol. The van der Waals surface area contributed by atoms with E-state index in [1.807, 2.05) is 0 Å². The zero-order valence-electron chi connectivity index (χ0n) is 6.02. The molecule has 54 valence electrons. The lowest BCUT2D eigenvalue weighted by molar-refractivity contribution is 0.433. The molecule has 1 N–H and O–H groups in total. The maximum absolute atomic E-state index is 3.40. The maximum Gasteiger partial charge on any atom is 0.0277 e. The second kappa shape index (κ2) is 3.19. The van der Waals surface area contributed by atoms with Gasteiger partial charge >= 0.3 is 0 Å². The van der Waals surface area contributed by atoms with Crippen molar-refractivity contribution in [3.63, 3.8) is 0 Å². The molecule has 2 unspecified atom stereocenters. The Morgan fingerprint density at radius 3 is 2.33 bits per heavy atom. The van der Waals surface area contributed by atoms with Gasteiger partial charge in [0.15, 0.2) is 0 Å². The molecule has 2 atom stereocenters. The van der Waals surface area contributed by atoms with Crippen molar-refractivity contribution in [3.05, 3.63) is 0 Å². The molecule has 0 aliphatic carbocycles. The standard InChI is InChI=1S/C7H14IN/c1-5(2)6-3-9-4-7(6)8/h5-7,9H,3-4H2,1-2H3. The van der Waals surface area contributed by atoms with Gasteiger partial charge in [0.1, 0.15) is 0 Å². The summed E-state index contributed by atoms with van der Waals surface area (Å²) >= 11 is 2.55. The Morgan fingerprint density at radius 2 is 2.11 bits per heavy atom. The third-order valence-corrected chi connectivity index (χ3v) is 3.40. The Hall–Kier alpha value is 0.690. The Labute approximate surface area is 70.7 Å². The Morgan fingerprint density at radius 1 is 1.44 bits per heavy atom. The SMILES string of the molecule is CC(C)C1CNCC1I. The second-order valence-electron chi connectivity index (χ2n) is 3.08. The van der Waals surface area contributed by atoms with E-state index in [2.05, 4.69) is 41.8 Å². The van der Waals surface area contributed by atoms with Crippen LogP contribution in [-0.4, -0.2) is 17.0 Å². The van der Waals surface area contributed by atoms with Gasteiger partial charge in [-0.05, 0) is 18.4 Å².